The SMILES string of the molecule is O=S(=O)(NC(CCl)Cc1ccccc1)C1CC1. The standard InChI is InChI=1S/C12H16ClNO2S/c13-9-11(8-10-4-2-1-3-5-10)14-17(15,16)12-6-7-12/h1-5,11-12,14H,6-9H2. The van der Waals surface area contributed by atoms with Crippen molar-refractivity contribution in [2.24, 2.45) is 0 Å². The van der Waals surface area contributed by atoms with Crippen LogP contribution in [0.3, 0.4) is 0 Å². The Kier molecular flexibility index (Phi) is 4.07. The van der Waals surface area contributed by atoms with Crippen LogP contribution in [0, 0.1) is 0 Å². The zero-order valence-corrected chi connectivity index (χ0v) is 11.0. The van der Waals surface area contributed by atoms with E-state index < -0.39 is 10.0 Å². The summed E-state index contributed by atoms with van der Waals surface area (Å²) in [5.41, 5.74) is 1.09. The largest absolute Gasteiger partial charge is 0.214 e. The predicted molar refractivity (Wildman–Crippen MR) is 69.7 cm³/mol. The van der Waals surface area contributed by atoms with Crippen molar-refractivity contribution < 1.29 is 8.42 Å². The first kappa shape index (κ1) is 12.9. The second-order valence-electron chi connectivity index (χ2n) is 4.40. The molecule has 1 aliphatic carbocycles. The highest BCUT2D eigenvalue weighted by Gasteiger charge is 2.36. The van der Waals surface area contributed by atoms with Crippen molar-refractivity contribution in [2.75, 3.05) is 5.88 Å². The van der Waals surface area contributed by atoms with Crippen molar-refractivity contribution in [1.82, 2.24) is 4.72 Å². The van der Waals surface area contributed by atoms with Gasteiger partial charge in [0.1, 0.15) is 0 Å². The van der Waals surface area contributed by atoms with Crippen molar-refractivity contribution in [3.63, 3.8) is 0 Å². The Morgan fingerprint density at radius 2 is 1.94 bits per heavy atom. The van der Waals surface area contributed by atoms with Gasteiger partial charge in [-0.1, -0.05) is 30.3 Å². The maximum absolute atomic E-state index is 11.8. The molecule has 1 N–H and O–H groups in total. The molecule has 0 aromatic heterocycles. The minimum Gasteiger partial charge on any atom is -0.212 e. The van der Waals surface area contributed by atoms with Gasteiger partial charge in [-0.2, -0.15) is 0 Å². The van der Waals surface area contributed by atoms with Gasteiger partial charge >= 0.3 is 0 Å². The number of rotatable bonds is 6. The first-order valence-corrected chi connectivity index (χ1v) is 7.81. The first-order chi connectivity index (χ1) is 8.12. The molecule has 1 fully saturated rings. The number of sulfonamides is 1. The lowest BCUT2D eigenvalue weighted by Crippen LogP contribution is -2.39. The van der Waals surface area contributed by atoms with E-state index in [-0.39, 0.29) is 11.3 Å². The average molecular weight is 274 g/mol. The minimum absolute atomic E-state index is 0.191. The van der Waals surface area contributed by atoms with Crippen LogP contribution in [0.2, 0.25) is 0 Å². The van der Waals surface area contributed by atoms with E-state index in [1.165, 1.54) is 0 Å². The number of hydrogen-bond acceptors (Lipinski definition) is 2. The van der Waals surface area contributed by atoms with Crippen LogP contribution >= 0.6 is 11.6 Å². The molecule has 0 radical (unpaired) electrons. The predicted octanol–water partition coefficient (Wildman–Crippen LogP) is 1.92. The molecule has 1 aromatic carbocycles. The van der Waals surface area contributed by atoms with Crippen molar-refractivity contribution in [1.29, 1.82) is 0 Å². The summed E-state index contributed by atoms with van der Waals surface area (Å²) in [4.78, 5) is 0. The second kappa shape index (κ2) is 5.38. The first-order valence-electron chi connectivity index (χ1n) is 5.73. The zero-order valence-electron chi connectivity index (χ0n) is 9.47. The Bertz CT molecular complexity index is 457. The summed E-state index contributed by atoms with van der Waals surface area (Å²) < 4.78 is 26.3. The monoisotopic (exact) mass is 273 g/mol. The Balaban J connectivity index is 1.97. The van der Waals surface area contributed by atoms with Gasteiger partial charge in [0.2, 0.25) is 10.0 Å². The van der Waals surface area contributed by atoms with Crippen LogP contribution in [0.25, 0.3) is 0 Å². The lowest BCUT2D eigenvalue weighted by atomic mass is 10.1. The third-order valence-corrected chi connectivity index (χ3v) is 5.19. The molecular weight excluding hydrogens is 258 g/mol. The fourth-order valence-electron chi connectivity index (χ4n) is 1.73. The molecule has 0 bridgehead atoms. The van der Waals surface area contributed by atoms with E-state index in [2.05, 4.69) is 4.72 Å². The molecule has 3 nitrogen and oxygen atoms in total. The number of halogens is 1. The maximum atomic E-state index is 11.8. The third-order valence-electron chi connectivity index (χ3n) is 2.81. The van der Waals surface area contributed by atoms with Crippen LogP contribution in [0.1, 0.15) is 18.4 Å². The van der Waals surface area contributed by atoms with Gasteiger partial charge in [-0.15, -0.1) is 11.6 Å². The van der Waals surface area contributed by atoms with E-state index >= 15 is 0 Å². The fourth-order valence-corrected chi connectivity index (χ4v) is 3.59. The molecule has 5 heteroatoms. The van der Waals surface area contributed by atoms with E-state index in [9.17, 15) is 8.42 Å². The van der Waals surface area contributed by atoms with Gasteiger partial charge in [-0.3, -0.25) is 0 Å². The highest BCUT2D eigenvalue weighted by molar-refractivity contribution is 7.90. The molecule has 94 valence electrons. The fraction of sp³-hybridized carbons (Fsp3) is 0.500. The van der Waals surface area contributed by atoms with Crippen LogP contribution in [0.5, 0.6) is 0 Å². The van der Waals surface area contributed by atoms with E-state index in [4.69, 9.17) is 11.6 Å². The van der Waals surface area contributed by atoms with Gasteiger partial charge in [0.05, 0.1) is 5.25 Å². The van der Waals surface area contributed by atoms with Crippen molar-refractivity contribution in [3.05, 3.63) is 35.9 Å². The minimum atomic E-state index is -3.15. The summed E-state index contributed by atoms with van der Waals surface area (Å²) in [6.07, 6.45) is 2.18. The topological polar surface area (TPSA) is 46.2 Å². The van der Waals surface area contributed by atoms with Crippen LogP contribution in [0.15, 0.2) is 30.3 Å². The Morgan fingerprint density at radius 3 is 2.47 bits per heavy atom. The molecule has 1 aromatic rings. The normalized spacial score (nSPS) is 17.9. The maximum Gasteiger partial charge on any atom is 0.214 e. The Morgan fingerprint density at radius 1 is 1.29 bits per heavy atom. The van der Waals surface area contributed by atoms with Gasteiger partial charge in [-0.05, 0) is 24.8 Å². The summed E-state index contributed by atoms with van der Waals surface area (Å²) in [7, 11) is -3.15. The van der Waals surface area contributed by atoms with Crippen molar-refractivity contribution in [3.8, 4) is 0 Å². The summed E-state index contributed by atoms with van der Waals surface area (Å²) in [6, 6.07) is 9.56. The van der Waals surface area contributed by atoms with Crippen molar-refractivity contribution >= 4 is 21.6 Å². The van der Waals surface area contributed by atoms with Gasteiger partial charge in [0, 0.05) is 11.9 Å². The molecule has 2 rings (SSSR count). The summed E-state index contributed by atoms with van der Waals surface area (Å²) in [6.45, 7) is 0. The molecule has 1 atom stereocenters. The molecule has 1 saturated carbocycles. The van der Waals surface area contributed by atoms with Crippen LogP contribution in [-0.4, -0.2) is 25.6 Å². The van der Waals surface area contributed by atoms with Gasteiger partial charge in [0.25, 0.3) is 0 Å². The number of benzene rings is 1. The quantitative estimate of drug-likeness (QED) is 0.805. The van der Waals surface area contributed by atoms with Crippen molar-refractivity contribution in [2.45, 2.75) is 30.6 Å². The lowest BCUT2D eigenvalue weighted by Gasteiger charge is -2.16. The second-order valence-corrected chi connectivity index (χ2v) is 6.70. The van der Waals surface area contributed by atoms with E-state index in [1.54, 1.807) is 0 Å². The molecule has 0 spiro atoms. The van der Waals surface area contributed by atoms with Crippen LogP contribution in [-0.2, 0) is 16.4 Å². The molecule has 1 unspecified atom stereocenters. The smallest absolute Gasteiger partial charge is 0.212 e. The highest BCUT2D eigenvalue weighted by Crippen LogP contribution is 2.27. The van der Waals surface area contributed by atoms with Gasteiger partial charge in [-0.25, -0.2) is 13.1 Å². The number of alkyl halides is 1. The molecule has 0 saturated heterocycles. The third kappa shape index (κ3) is 3.69. The van der Waals surface area contributed by atoms with Crippen LogP contribution < -0.4 is 4.72 Å². The van der Waals surface area contributed by atoms with E-state index in [0.29, 0.717) is 12.3 Å². The molecule has 0 aliphatic heterocycles. The number of nitrogens with one attached hydrogen (secondary N) is 1. The van der Waals surface area contributed by atoms with Gasteiger partial charge < -0.3 is 0 Å². The molecular formula is C12H16ClNO2S. The molecule has 1 aliphatic rings. The molecule has 0 amide bonds. The number of hydrogen-bond donors (Lipinski definition) is 1. The average Bonchev–Trinajstić information content (AvgIpc) is 3.13. The molecule has 17 heavy (non-hydrogen) atoms. The van der Waals surface area contributed by atoms with E-state index in [1.807, 2.05) is 30.3 Å². The summed E-state index contributed by atoms with van der Waals surface area (Å²) >= 11 is 5.82. The van der Waals surface area contributed by atoms with Crippen LogP contribution in [0.4, 0.5) is 0 Å². The Labute approximate surface area is 107 Å². The van der Waals surface area contributed by atoms with E-state index in [0.717, 1.165) is 18.4 Å². The lowest BCUT2D eigenvalue weighted by molar-refractivity contribution is 0.559. The summed E-state index contributed by atoms with van der Waals surface area (Å²) in [5.74, 6) is 0.293. The zero-order chi connectivity index (χ0) is 12.3. The molecule has 0 heterocycles. The Hall–Kier alpha value is -0.580. The highest BCUT2D eigenvalue weighted by atomic mass is 35.5. The van der Waals surface area contributed by atoms with Gasteiger partial charge in [0.15, 0.2) is 0 Å². The summed E-state index contributed by atoms with van der Waals surface area (Å²) in [5, 5.41) is -0.191.